The Hall–Kier alpha value is -3.21. The Morgan fingerprint density at radius 3 is 2.57 bits per heavy atom. The highest BCUT2D eigenvalue weighted by molar-refractivity contribution is 6.06. The molecule has 1 aromatic heterocycles. The van der Waals surface area contributed by atoms with Crippen molar-refractivity contribution in [3.63, 3.8) is 0 Å². The molecule has 4 rings (SSSR count). The molecule has 1 aliphatic carbocycles. The molecule has 0 spiro atoms. The largest absolute Gasteiger partial charge is 0.444 e. The molecule has 2 aromatic carbocycles. The van der Waals surface area contributed by atoms with E-state index in [1.807, 2.05) is 31.2 Å². The lowest BCUT2D eigenvalue weighted by Crippen LogP contribution is -2.27. The fourth-order valence-corrected chi connectivity index (χ4v) is 3.85. The van der Waals surface area contributed by atoms with Gasteiger partial charge in [-0.3, -0.25) is 9.78 Å². The Labute approximate surface area is 163 Å². The Kier molecular flexibility index (Phi) is 4.82. The zero-order valence-corrected chi connectivity index (χ0v) is 15.8. The minimum atomic E-state index is -1.12. The van der Waals surface area contributed by atoms with Crippen molar-refractivity contribution >= 4 is 22.8 Å². The van der Waals surface area contributed by atoms with E-state index in [9.17, 15) is 9.59 Å². The van der Waals surface area contributed by atoms with Crippen molar-refractivity contribution in [2.45, 2.75) is 38.7 Å². The number of benzene rings is 2. The van der Waals surface area contributed by atoms with E-state index in [1.54, 1.807) is 24.3 Å². The summed E-state index contributed by atoms with van der Waals surface area (Å²) in [6.45, 7) is 1.98. The van der Waals surface area contributed by atoms with Crippen LogP contribution >= 0.6 is 0 Å². The zero-order chi connectivity index (χ0) is 19.7. The second-order valence-corrected chi connectivity index (χ2v) is 7.24. The molecule has 2 N–H and O–H groups in total. The van der Waals surface area contributed by atoms with Crippen molar-refractivity contribution in [3.05, 3.63) is 76.5 Å². The maximum Gasteiger partial charge on any atom is 0.340 e. The third-order valence-corrected chi connectivity index (χ3v) is 5.21. The van der Waals surface area contributed by atoms with Gasteiger partial charge in [0, 0.05) is 16.6 Å². The van der Waals surface area contributed by atoms with Crippen molar-refractivity contribution in [2.24, 2.45) is 5.73 Å². The summed E-state index contributed by atoms with van der Waals surface area (Å²) in [6.07, 6.45) is 2.56. The topological polar surface area (TPSA) is 82.3 Å². The van der Waals surface area contributed by atoms with Crippen molar-refractivity contribution in [2.75, 3.05) is 0 Å². The summed E-state index contributed by atoms with van der Waals surface area (Å²) in [4.78, 5) is 30.1. The van der Waals surface area contributed by atoms with Gasteiger partial charge in [-0.05, 0) is 50.3 Å². The van der Waals surface area contributed by atoms with Crippen LogP contribution < -0.4 is 5.73 Å². The van der Waals surface area contributed by atoms with Crippen molar-refractivity contribution in [1.82, 2.24) is 4.98 Å². The molecule has 1 amide bonds. The number of nitrogens with two attached hydrogens (primary N) is 1. The van der Waals surface area contributed by atoms with Crippen LogP contribution in [-0.4, -0.2) is 16.9 Å². The van der Waals surface area contributed by atoms with Crippen LogP contribution in [0.2, 0.25) is 0 Å². The SMILES string of the molecule is Cc1ccc2nc3c(c(C(=O)OC(C(N)=O)c4ccccc4)c2c1)CCCC3. The van der Waals surface area contributed by atoms with Crippen LogP contribution in [0, 0.1) is 6.92 Å². The Morgan fingerprint density at radius 2 is 1.82 bits per heavy atom. The first-order chi connectivity index (χ1) is 13.5. The molecule has 1 heterocycles. The second kappa shape index (κ2) is 7.43. The molecule has 0 radical (unpaired) electrons. The number of aryl methyl sites for hydroxylation is 2. The normalized spacial score (nSPS) is 14.3. The number of carbonyl (C=O) groups is 2. The molecule has 0 bridgehead atoms. The van der Waals surface area contributed by atoms with Crippen LogP contribution in [0.25, 0.3) is 10.9 Å². The van der Waals surface area contributed by atoms with Crippen molar-refractivity contribution < 1.29 is 14.3 Å². The number of fused-ring (bicyclic) bond motifs is 2. The lowest BCUT2D eigenvalue weighted by Gasteiger charge is -2.22. The van der Waals surface area contributed by atoms with Gasteiger partial charge >= 0.3 is 5.97 Å². The van der Waals surface area contributed by atoms with Gasteiger partial charge in [0.05, 0.1) is 11.1 Å². The molecule has 1 aliphatic rings. The van der Waals surface area contributed by atoms with Crippen LogP contribution in [0.4, 0.5) is 0 Å². The van der Waals surface area contributed by atoms with Crippen LogP contribution in [0.1, 0.15) is 51.7 Å². The van der Waals surface area contributed by atoms with E-state index in [1.165, 1.54) is 0 Å². The number of hydrogen-bond donors (Lipinski definition) is 1. The molecule has 5 nitrogen and oxygen atoms in total. The summed E-state index contributed by atoms with van der Waals surface area (Å²) in [7, 11) is 0. The van der Waals surface area contributed by atoms with Gasteiger partial charge in [0.15, 0.2) is 0 Å². The fourth-order valence-electron chi connectivity index (χ4n) is 3.85. The molecule has 1 atom stereocenters. The summed E-state index contributed by atoms with van der Waals surface area (Å²) in [5.74, 6) is -1.22. The molecule has 0 fully saturated rings. The standard InChI is InChI=1S/C23H22N2O3/c1-14-11-12-19-17(13-14)20(16-9-5-6-10-18(16)25-19)23(27)28-21(22(24)26)15-7-3-2-4-8-15/h2-4,7-8,11-13,21H,5-6,9-10H2,1H3,(H2,24,26). The maximum atomic E-state index is 13.3. The van der Waals surface area contributed by atoms with Crippen LogP contribution in [0.5, 0.6) is 0 Å². The van der Waals surface area contributed by atoms with Gasteiger partial charge in [-0.25, -0.2) is 4.79 Å². The van der Waals surface area contributed by atoms with E-state index >= 15 is 0 Å². The molecule has 28 heavy (non-hydrogen) atoms. The van der Waals surface area contributed by atoms with Crippen molar-refractivity contribution in [3.8, 4) is 0 Å². The monoisotopic (exact) mass is 374 g/mol. The number of esters is 1. The molecule has 0 saturated heterocycles. The first-order valence-corrected chi connectivity index (χ1v) is 9.52. The van der Waals surface area contributed by atoms with E-state index in [-0.39, 0.29) is 0 Å². The summed E-state index contributed by atoms with van der Waals surface area (Å²) >= 11 is 0. The van der Waals surface area contributed by atoms with E-state index in [2.05, 4.69) is 0 Å². The number of amides is 1. The molecular formula is C23H22N2O3. The van der Waals surface area contributed by atoms with Gasteiger partial charge in [0.1, 0.15) is 0 Å². The molecular weight excluding hydrogens is 352 g/mol. The minimum Gasteiger partial charge on any atom is -0.444 e. The number of aromatic nitrogens is 1. The Bertz CT molecular complexity index is 1060. The number of ether oxygens (including phenoxy) is 1. The lowest BCUT2D eigenvalue weighted by atomic mass is 9.89. The average molecular weight is 374 g/mol. The lowest BCUT2D eigenvalue weighted by molar-refractivity contribution is -0.127. The Morgan fingerprint density at radius 1 is 1.07 bits per heavy atom. The predicted octanol–water partition coefficient (Wildman–Crippen LogP) is 3.81. The van der Waals surface area contributed by atoms with Gasteiger partial charge in [-0.1, -0.05) is 42.0 Å². The van der Waals surface area contributed by atoms with Crippen LogP contribution in [-0.2, 0) is 22.4 Å². The molecule has 1 unspecified atom stereocenters. The molecule has 5 heteroatoms. The highest BCUT2D eigenvalue weighted by Gasteiger charge is 2.28. The molecule has 0 saturated carbocycles. The number of rotatable bonds is 4. The summed E-state index contributed by atoms with van der Waals surface area (Å²) in [6, 6.07) is 14.7. The van der Waals surface area contributed by atoms with E-state index in [0.29, 0.717) is 11.1 Å². The highest BCUT2D eigenvalue weighted by Crippen LogP contribution is 2.31. The first kappa shape index (κ1) is 18.2. The smallest absolute Gasteiger partial charge is 0.340 e. The molecule has 3 aromatic rings. The summed E-state index contributed by atoms with van der Waals surface area (Å²) in [5.41, 5.74) is 10.3. The van der Waals surface area contributed by atoms with Gasteiger partial charge in [-0.2, -0.15) is 0 Å². The second-order valence-electron chi connectivity index (χ2n) is 7.24. The van der Waals surface area contributed by atoms with Gasteiger partial charge in [0.2, 0.25) is 6.10 Å². The first-order valence-electron chi connectivity index (χ1n) is 9.52. The van der Waals surface area contributed by atoms with Gasteiger partial charge in [0.25, 0.3) is 5.91 Å². The van der Waals surface area contributed by atoms with Crippen molar-refractivity contribution in [1.29, 1.82) is 0 Å². The Balaban J connectivity index is 1.82. The molecule has 142 valence electrons. The van der Waals surface area contributed by atoms with E-state index < -0.39 is 18.0 Å². The molecule has 0 aliphatic heterocycles. The fraction of sp³-hybridized carbons (Fsp3) is 0.261. The number of nitrogens with zero attached hydrogens (tertiary/aromatic N) is 1. The summed E-state index contributed by atoms with van der Waals surface area (Å²) < 4.78 is 5.66. The average Bonchev–Trinajstić information content (AvgIpc) is 2.70. The quantitative estimate of drug-likeness (QED) is 0.704. The number of primary amides is 1. The van der Waals surface area contributed by atoms with Crippen LogP contribution in [0.3, 0.4) is 0 Å². The maximum absolute atomic E-state index is 13.3. The number of carbonyl (C=O) groups excluding carboxylic acids is 2. The third-order valence-electron chi connectivity index (χ3n) is 5.21. The van der Waals surface area contributed by atoms with Crippen LogP contribution in [0.15, 0.2) is 48.5 Å². The predicted molar refractivity (Wildman–Crippen MR) is 107 cm³/mol. The minimum absolute atomic E-state index is 0.519. The van der Waals surface area contributed by atoms with E-state index in [4.69, 9.17) is 15.5 Å². The highest BCUT2D eigenvalue weighted by atomic mass is 16.5. The number of pyridine rings is 1. The van der Waals surface area contributed by atoms with Gasteiger partial charge in [-0.15, -0.1) is 0 Å². The van der Waals surface area contributed by atoms with E-state index in [0.717, 1.165) is 53.4 Å². The third kappa shape index (κ3) is 3.36. The summed E-state index contributed by atoms with van der Waals surface area (Å²) in [5, 5.41) is 0.766. The number of hydrogen-bond acceptors (Lipinski definition) is 4. The van der Waals surface area contributed by atoms with Gasteiger partial charge < -0.3 is 10.5 Å². The zero-order valence-electron chi connectivity index (χ0n) is 15.8.